The summed E-state index contributed by atoms with van der Waals surface area (Å²) in [6.07, 6.45) is 1.70. The molecule has 0 radical (unpaired) electrons. The van der Waals surface area contributed by atoms with Crippen molar-refractivity contribution >= 4 is 46.0 Å². The molecule has 1 aliphatic rings. The fourth-order valence-electron chi connectivity index (χ4n) is 1.89. The summed E-state index contributed by atoms with van der Waals surface area (Å²) in [6.45, 7) is 5.77. The molecule has 2 rings (SSSR count). The first-order valence-electron chi connectivity index (χ1n) is 6.22. The summed E-state index contributed by atoms with van der Waals surface area (Å²) >= 11 is 6.50. The van der Waals surface area contributed by atoms with Crippen LogP contribution in [0.25, 0.3) is 6.08 Å². The summed E-state index contributed by atoms with van der Waals surface area (Å²) in [5.74, 6) is -0.129. The number of thioether (sulfide) groups is 1. The molecule has 7 heteroatoms. The molecule has 0 spiro atoms. The highest BCUT2D eigenvalue weighted by Gasteiger charge is 2.38. The molecule has 110 valence electrons. The third-order valence-electron chi connectivity index (χ3n) is 2.87. The fraction of sp³-hybridized carbons (Fsp3) is 0.286. The zero-order valence-electron chi connectivity index (χ0n) is 11.8. The van der Waals surface area contributed by atoms with E-state index in [9.17, 15) is 14.9 Å². The van der Waals surface area contributed by atoms with E-state index in [-0.39, 0.29) is 17.1 Å². The quantitative estimate of drug-likeness (QED) is 0.360. The zero-order chi connectivity index (χ0) is 15.8. The molecule has 0 saturated carbocycles. The van der Waals surface area contributed by atoms with Crippen molar-refractivity contribution in [2.45, 2.75) is 26.3 Å². The van der Waals surface area contributed by atoms with Gasteiger partial charge in [-0.1, -0.05) is 24.0 Å². The van der Waals surface area contributed by atoms with Crippen LogP contribution in [0.4, 0.5) is 5.69 Å². The van der Waals surface area contributed by atoms with Crippen molar-refractivity contribution in [3.05, 3.63) is 44.8 Å². The van der Waals surface area contributed by atoms with Crippen molar-refractivity contribution in [1.29, 1.82) is 0 Å². The maximum Gasteiger partial charge on any atom is 0.269 e. The van der Waals surface area contributed by atoms with Gasteiger partial charge in [-0.15, -0.1) is 0 Å². The average molecular weight is 322 g/mol. The van der Waals surface area contributed by atoms with Crippen LogP contribution in [0.15, 0.2) is 29.2 Å². The highest BCUT2D eigenvalue weighted by atomic mass is 32.2. The van der Waals surface area contributed by atoms with Gasteiger partial charge < -0.3 is 0 Å². The van der Waals surface area contributed by atoms with Crippen LogP contribution in [0.1, 0.15) is 26.3 Å². The molecule has 0 unspecified atom stereocenters. The van der Waals surface area contributed by atoms with Crippen LogP contribution in [0.2, 0.25) is 0 Å². The van der Waals surface area contributed by atoms with Gasteiger partial charge in [0.1, 0.15) is 4.32 Å². The Morgan fingerprint density at radius 3 is 2.29 bits per heavy atom. The van der Waals surface area contributed by atoms with Crippen LogP contribution in [0, 0.1) is 10.1 Å². The maximum absolute atomic E-state index is 12.4. The molecule has 21 heavy (non-hydrogen) atoms. The summed E-state index contributed by atoms with van der Waals surface area (Å²) in [7, 11) is 0. The van der Waals surface area contributed by atoms with E-state index in [0.717, 1.165) is 5.56 Å². The molecule has 0 aliphatic carbocycles. The summed E-state index contributed by atoms with van der Waals surface area (Å²) in [5, 5.41) is 10.6. The SMILES string of the molecule is CC(C)(C)N1C(=O)C(=Cc2ccc([N+](=O)[O-])cc2)SC1=S. The largest absolute Gasteiger partial charge is 0.288 e. The fourth-order valence-corrected chi connectivity index (χ4v) is 3.53. The second kappa shape index (κ2) is 5.57. The monoisotopic (exact) mass is 322 g/mol. The number of nitro benzene ring substituents is 1. The van der Waals surface area contributed by atoms with Gasteiger partial charge >= 0.3 is 0 Å². The molecule has 1 aromatic carbocycles. The molecule has 1 aliphatic heterocycles. The van der Waals surface area contributed by atoms with Crippen LogP contribution in [0.5, 0.6) is 0 Å². The lowest BCUT2D eigenvalue weighted by molar-refractivity contribution is -0.384. The minimum atomic E-state index is -0.455. The number of thiocarbonyl (C=S) groups is 1. The van der Waals surface area contributed by atoms with E-state index in [4.69, 9.17) is 12.2 Å². The smallest absolute Gasteiger partial charge is 0.269 e. The Hall–Kier alpha value is -1.73. The summed E-state index contributed by atoms with van der Waals surface area (Å²) in [6, 6.07) is 6.05. The van der Waals surface area contributed by atoms with Gasteiger partial charge in [-0.3, -0.25) is 19.8 Å². The first-order valence-corrected chi connectivity index (χ1v) is 7.45. The molecular formula is C14H14N2O3S2. The second-order valence-electron chi connectivity index (χ2n) is 5.54. The van der Waals surface area contributed by atoms with Crippen LogP contribution in [0.3, 0.4) is 0 Å². The zero-order valence-corrected chi connectivity index (χ0v) is 13.5. The van der Waals surface area contributed by atoms with E-state index in [2.05, 4.69) is 0 Å². The maximum atomic E-state index is 12.4. The van der Waals surface area contributed by atoms with Gasteiger partial charge in [0.05, 0.1) is 9.83 Å². The van der Waals surface area contributed by atoms with E-state index in [1.807, 2.05) is 20.8 Å². The Morgan fingerprint density at radius 2 is 1.86 bits per heavy atom. The molecule has 1 aromatic rings. The highest BCUT2D eigenvalue weighted by molar-refractivity contribution is 8.26. The third-order valence-corrected chi connectivity index (χ3v) is 4.17. The van der Waals surface area contributed by atoms with Gasteiger partial charge in [0.25, 0.3) is 11.6 Å². The van der Waals surface area contributed by atoms with Crippen LogP contribution in [-0.4, -0.2) is 25.6 Å². The Bertz CT molecular complexity index is 645. The van der Waals surface area contributed by atoms with E-state index < -0.39 is 4.92 Å². The Kier molecular flexibility index (Phi) is 4.15. The Labute approximate surface area is 132 Å². The van der Waals surface area contributed by atoms with E-state index in [1.165, 1.54) is 23.9 Å². The lowest BCUT2D eigenvalue weighted by Gasteiger charge is -2.30. The molecule has 0 aromatic heterocycles. The number of benzene rings is 1. The number of non-ortho nitro benzene ring substituents is 1. The summed E-state index contributed by atoms with van der Waals surface area (Å²) in [5.41, 5.74) is 0.385. The van der Waals surface area contributed by atoms with Crippen LogP contribution in [-0.2, 0) is 4.79 Å². The van der Waals surface area contributed by atoms with Crippen molar-refractivity contribution in [2.75, 3.05) is 0 Å². The number of carbonyl (C=O) groups excluding carboxylic acids is 1. The molecular weight excluding hydrogens is 308 g/mol. The number of nitro groups is 1. The minimum absolute atomic E-state index is 0.0226. The van der Waals surface area contributed by atoms with E-state index in [1.54, 1.807) is 23.1 Å². The molecule has 1 fully saturated rings. The van der Waals surface area contributed by atoms with Crippen molar-refractivity contribution in [2.24, 2.45) is 0 Å². The number of hydrogen-bond acceptors (Lipinski definition) is 5. The second-order valence-corrected chi connectivity index (χ2v) is 7.21. The summed E-state index contributed by atoms with van der Waals surface area (Å²) < 4.78 is 0.528. The Morgan fingerprint density at radius 1 is 1.29 bits per heavy atom. The lowest BCUT2D eigenvalue weighted by Crippen LogP contribution is -2.44. The van der Waals surface area contributed by atoms with Crippen molar-refractivity contribution < 1.29 is 9.72 Å². The number of hydrogen-bond donors (Lipinski definition) is 0. The Balaban J connectivity index is 2.28. The molecule has 0 bridgehead atoms. The number of rotatable bonds is 2. The van der Waals surface area contributed by atoms with Gasteiger partial charge in [0.15, 0.2) is 0 Å². The van der Waals surface area contributed by atoms with Crippen LogP contribution < -0.4 is 0 Å². The standard InChI is InChI=1S/C14H14N2O3S2/c1-14(2,3)15-12(17)11(21-13(15)20)8-9-4-6-10(7-5-9)16(18)19/h4-8H,1-3H3. The highest BCUT2D eigenvalue weighted by Crippen LogP contribution is 2.36. The van der Waals surface area contributed by atoms with Gasteiger partial charge in [0.2, 0.25) is 0 Å². The normalized spacial score (nSPS) is 17.7. The number of carbonyl (C=O) groups is 1. The van der Waals surface area contributed by atoms with Gasteiger partial charge in [0, 0.05) is 17.7 Å². The van der Waals surface area contributed by atoms with Gasteiger partial charge in [-0.25, -0.2) is 0 Å². The average Bonchev–Trinajstić information content (AvgIpc) is 2.64. The van der Waals surface area contributed by atoms with Crippen LogP contribution >= 0.6 is 24.0 Å². The minimum Gasteiger partial charge on any atom is -0.288 e. The predicted octanol–water partition coefficient (Wildman–Crippen LogP) is 3.59. The van der Waals surface area contributed by atoms with Gasteiger partial charge in [-0.05, 0) is 44.5 Å². The number of amides is 1. The lowest BCUT2D eigenvalue weighted by atomic mass is 10.1. The van der Waals surface area contributed by atoms with Crippen molar-refractivity contribution in [1.82, 2.24) is 4.90 Å². The molecule has 5 nitrogen and oxygen atoms in total. The van der Waals surface area contributed by atoms with Crippen molar-refractivity contribution in [3.63, 3.8) is 0 Å². The summed E-state index contributed by atoms with van der Waals surface area (Å²) in [4.78, 5) is 24.7. The van der Waals surface area contributed by atoms with E-state index in [0.29, 0.717) is 9.23 Å². The molecule has 1 amide bonds. The first-order chi connectivity index (χ1) is 9.70. The van der Waals surface area contributed by atoms with E-state index >= 15 is 0 Å². The molecule has 0 atom stereocenters. The van der Waals surface area contributed by atoms with Crippen molar-refractivity contribution in [3.8, 4) is 0 Å². The molecule has 1 heterocycles. The van der Waals surface area contributed by atoms with Gasteiger partial charge in [-0.2, -0.15) is 0 Å². The third kappa shape index (κ3) is 3.30. The first kappa shape index (κ1) is 15.7. The molecule has 1 saturated heterocycles. The predicted molar refractivity (Wildman–Crippen MR) is 87.9 cm³/mol. The molecule has 0 N–H and O–H groups in total. The topological polar surface area (TPSA) is 63.5 Å². The number of nitrogens with zero attached hydrogens (tertiary/aromatic N) is 2.